The molecule has 1 atom stereocenters. The molecule has 1 heterocycles. The number of aromatic nitrogens is 2. The molecule has 0 spiro atoms. The van der Waals surface area contributed by atoms with Crippen LogP contribution in [0.3, 0.4) is 0 Å². The SMILES string of the molecule is NCCCN(CCCNC(=O)[C@@H](N)CCCCN=C(N)N)CCOc1ccc(CCCCN=C(N)NC(=O)c2nc(Cl)c(N)nc2N)cc1. The summed E-state index contributed by atoms with van der Waals surface area (Å²) in [6, 6.07) is 7.46. The minimum Gasteiger partial charge on any atom is -0.492 e. The standard InChI is InChI=1S/C31H53ClN14O3/c32-25-27(36)44-26(35)24(43-25)29(48)45-31(39)42-15-3-1-7-21-9-11-22(12-10-21)49-20-19-46(17-5-13-33)18-6-16-40-28(47)23(34)8-2-4-14-41-30(37)38/h9-12,23H,1-8,13-20,33-34H2,(H,40,47)(H4,35,36,44)(H4,37,38,41)(H3,39,42,45,48)/t23-/m0/s1. The van der Waals surface area contributed by atoms with E-state index >= 15 is 0 Å². The Labute approximate surface area is 292 Å². The number of halogens is 1. The number of amides is 2. The third-order valence-corrected chi connectivity index (χ3v) is 7.58. The first kappa shape index (κ1) is 40.7. The number of nitrogens with one attached hydrogen (secondary N) is 2. The van der Waals surface area contributed by atoms with Gasteiger partial charge >= 0.3 is 0 Å². The van der Waals surface area contributed by atoms with E-state index in [0.717, 1.165) is 70.3 Å². The molecule has 272 valence electrons. The Kier molecular flexibility index (Phi) is 19.1. The first-order valence-corrected chi connectivity index (χ1v) is 16.8. The second-order valence-corrected chi connectivity index (χ2v) is 11.7. The molecular weight excluding hydrogens is 652 g/mol. The Morgan fingerprint density at radius 2 is 1.59 bits per heavy atom. The van der Waals surface area contributed by atoms with E-state index in [9.17, 15) is 9.59 Å². The smallest absolute Gasteiger partial charge is 0.280 e. The summed E-state index contributed by atoms with van der Waals surface area (Å²) in [6.07, 6.45) is 6.29. The number of carbonyl (C=O) groups excluding carboxylic acids is 2. The average molecular weight is 705 g/mol. The Morgan fingerprint density at radius 1 is 0.898 bits per heavy atom. The lowest BCUT2D eigenvalue weighted by Crippen LogP contribution is -2.41. The second-order valence-electron chi connectivity index (χ2n) is 11.3. The van der Waals surface area contributed by atoms with E-state index in [-0.39, 0.29) is 40.3 Å². The lowest BCUT2D eigenvalue weighted by molar-refractivity contribution is -0.122. The van der Waals surface area contributed by atoms with Crippen molar-refractivity contribution in [3.05, 3.63) is 40.7 Å². The number of carbonyl (C=O) groups is 2. The van der Waals surface area contributed by atoms with Crippen LogP contribution in [0.4, 0.5) is 11.6 Å². The Balaban J connectivity index is 1.64. The predicted molar refractivity (Wildman–Crippen MR) is 195 cm³/mol. The van der Waals surface area contributed by atoms with Gasteiger partial charge in [-0.05, 0) is 88.7 Å². The Hall–Kier alpha value is -4.45. The summed E-state index contributed by atoms with van der Waals surface area (Å²) in [5.74, 6) is -0.246. The van der Waals surface area contributed by atoms with Crippen molar-refractivity contribution in [3.8, 4) is 5.75 Å². The van der Waals surface area contributed by atoms with Gasteiger partial charge in [0.2, 0.25) is 5.91 Å². The zero-order valence-corrected chi connectivity index (χ0v) is 28.8. The summed E-state index contributed by atoms with van der Waals surface area (Å²) in [4.78, 5) is 42.6. The number of guanidine groups is 2. The van der Waals surface area contributed by atoms with Gasteiger partial charge in [-0.25, -0.2) is 9.97 Å². The van der Waals surface area contributed by atoms with Crippen LogP contribution in [-0.4, -0.2) is 97.1 Å². The molecule has 0 radical (unpaired) electrons. The quantitative estimate of drug-likeness (QED) is 0.0407. The van der Waals surface area contributed by atoms with Gasteiger partial charge in [0.25, 0.3) is 5.91 Å². The van der Waals surface area contributed by atoms with Crippen molar-refractivity contribution in [2.75, 3.05) is 63.9 Å². The summed E-state index contributed by atoms with van der Waals surface area (Å²) in [5, 5.41) is 5.22. The van der Waals surface area contributed by atoms with Crippen LogP contribution in [-0.2, 0) is 11.2 Å². The molecule has 0 bridgehead atoms. The second kappa shape index (κ2) is 23.0. The number of aryl methyl sites for hydroxylation is 1. The topological polar surface area (TPSA) is 303 Å². The molecular formula is C31H53ClN14O3. The van der Waals surface area contributed by atoms with Crippen LogP contribution in [0.1, 0.15) is 61.0 Å². The van der Waals surface area contributed by atoms with Gasteiger partial charge in [0, 0.05) is 26.2 Å². The number of unbranched alkanes of at least 4 members (excludes halogenated alkanes) is 2. The summed E-state index contributed by atoms with van der Waals surface area (Å²) in [6.45, 7) is 5.04. The van der Waals surface area contributed by atoms with E-state index in [1.165, 1.54) is 5.56 Å². The lowest BCUT2D eigenvalue weighted by Gasteiger charge is -2.22. The van der Waals surface area contributed by atoms with E-state index in [4.69, 9.17) is 56.5 Å². The molecule has 0 unspecified atom stereocenters. The van der Waals surface area contributed by atoms with Crippen LogP contribution in [0, 0.1) is 0 Å². The maximum absolute atomic E-state index is 12.3. The Bertz CT molecular complexity index is 1360. The number of anilines is 2. The zero-order chi connectivity index (χ0) is 36.0. The molecule has 1 aromatic heterocycles. The van der Waals surface area contributed by atoms with Gasteiger partial charge in [0.05, 0.1) is 6.04 Å². The molecule has 16 N–H and O–H groups in total. The van der Waals surface area contributed by atoms with Crippen LogP contribution in [0.15, 0.2) is 34.3 Å². The lowest BCUT2D eigenvalue weighted by atomic mass is 10.1. The van der Waals surface area contributed by atoms with Crippen molar-refractivity contribution in [1.29, 1.82) is 0 Å². The van der Waals surface area contributed by atoms with Crippen molar-refractivity contribution in [3.63, 3.8) is 0 Å². The fourth-order valence-corrected chi connectivity index (χ4v) is 4.75. The first-order chi connectivity index (χ1) is 23.5. The number of rotatable bonds is 23. The fraction of sp³-hybridized carbons (Fsp3) is 0.548. The van der Waals surface area contributed by atoms with Gasteiger partial charge in [-0.1, -0.05) is 23.7 Å². The first-order valence-electron chi connectivity index (χ1n) is 16.4. The third kappa shape index (κ3) is 17.0. The molecule has 0 aliphatic heterocycles. The molecule has 0 saturated heterocycles. The average Bonchev–Trinajstić information content (AvgIpc) is 3.06. The van der Waals surface area contributed by atoms with E-state index in [1.807, 2.05) is 24.3 Å². The van der Waals surface area contributed by atoms with Gasteiger partial charge in [-0.2, -0.15) is 0 Å². The summed E-state index contributed by atoms with van der Waals surface area (Å²) in [5.41, 5.74) is 40.4. The van der Waals surface area contributed by atoms with Gasteiger partial charge in [-0.3, -0.25) is 29.8 Å². The number of nitrogens with zero attached hydrogens (tertiary/aromatic N) is 5. The number of ether oxygens (including phenoxy) is 1. The third-order valence-electron chi connectivity index (χ3n) is 7.30. The predicted octanol–water partition coefficient (Wildman–Crippen LogP) is -0.331. The highest BCUT2D eigenvalue weighted by Gasteiger charge is 2.17. The van der Waals surface area contributed by atoms with Crippen molar-refractivity contribution in [1.82, 2.24) is 25.5 Å². The van der Waals surface area contributed by atoms with Gasteiger partial charge in [0.1, 0.15) is 12.4 Å². The van der Waals surface area contributed by atoms with Gasteiger partial charge in [0.15, 0.2) is 34.4 Å². The minimum atomic E-state index is -0.675. The summed E-state index contributed by atoms with van der Waals surface area (Å²) in [7, 11) is 0. The number of nitrogen functional groups attached to an aromatic ring is 2. The van der Waals surface area contributed by atoms with Crippen LogP contribution < -0.4 is 55.5 Å². The molecule has 17 nitrogen and oxygen atoms in total. The van der Waals surface area contributed by atoms with E-state index < -0.39 is 11.9 Å². The van der Waals surface area contributed by atoms with Crippen LogP contribution in [0.5, 0.6) is 5.75 Å². The molecule has 2 amide bonds. The molecule has 2 aromatic rings. The maximum Gasteiger partial charge on any atom is 0.280 e. The maximum atomic E-state index is 12.3. The molecule has 0 aliphatic carbocycles. The van der Waals surface area contributed by atoms with Gasteiger partial charge in [-0.15, -0.1) is 0 Å². The highest BCUT2D eigenvalue weighted by Crippen LogP contribution is 2.17. The van der Waals surface area contributed by atoms with Crippen molar-refractivity contribution < 1.29 is 14.3 Å². The highest BCUT2D eigenvalue weighted by molar-refractivity contribution is 6.31. The molecule has 0 saturated carbocycles. The zero-order valence-electron chi connectivity index (χ0n) is 28.1. The van der Waals surface area contributed by atoms with E-state index in [0.29, 0.717) is 39.2 Å². The number of benzene rings is 1. The number of hydrogen-bond acceptors (Lipinski definition) is 12. The van der Waals surface area contributed by atoms with Gasteiger partial charge < -0.3 is 50.2 Å². The molecule has 49 heavy (non-hydrogen) atoms. The van der Waals surface area contributed by atoms with Crippen molar-refractivity contribution in [2.24, 2.45) is 38.7 Å². The summed E-state index contributed by atoms with van der Waals surface area (Å²) < 4.78 is 5.99. The number of hydrogen-bond donors (Lipinski definition) is 9. The van der Waals surface area contributed by atoms with Crippen LogP contribution >= 0.6 is 11.6 Å². The van der Waals surface area contributed by atoms with E-state index in [1.54, 1.807) is 0 Å². The normalized spacial score (nSPS) is 12.0. The monoisotopic (exact) mass is 704 g/mol. The number of aliphatic imine (C=N–C) groups is 2. The Morgan fingerprint density at radius 3 is 2.31 bits per heavy atom. The minimum absolute atomic E-state index is 0.0572. The van der Waals surface area contributed by atoms with Crippen molar-refractivity contribution in [2.45, 2.75) is 57.4 Å². The molecule has 0 aliphatic rings. The molecule has 2 rings (SSSR count). The van der Waals surface area contributed by atoms with Crippen LogP contribution in [0.25, 0.3) is 0 Å². The van der Waals surface area contributed by atoms with E-state index in [2.05, 4.69) is 35.5 Å². The fourth-order valence-electron chi connectivity index (χ4n) is 4.62. The molecule has 18 heteroatoms. The van der Waals surface area contributed by atoms with Crippen molar-refractivity contribution >= 4 is 47.0 Å². The number of nitrogens with two attached hydrogens (primary N) is 7. The highest BCUT2D eigenvalue weighted by atomic mass is 35.5. The molecule has 0 fully saturated rings. The van der Waals surface area contributed by atoms with Crippen LogP contribution in [0.2, 0.25) is 5.15 Å². The summed E-state index contributed by atoms with van der Waals surface area (Å²) >= 11 is 5.82. The molecule has 1 aromatic carbocycles. The largest absolute Gasteiger partial charge is 0.492 e.